The summed E-state index contributed by atoms with van der Waals surface area (Å²) >= 11 is 0. The van der Waals surface area contributed by atoms with E-state index in [1.165, 1.54) is 0 Å². The highest BCUT2D eigenvalue weighted by Gasteiger charge is 2.43. The lowest BCUT2D eigenvalue weighted by atomic mass is 9.93. The Morgan fingerprint density at radius 2 is 2.21 bits per heavy atom. The third kappa shape index (κ3) is 2.40. The van der Waals surface area contributed by atoms with Crippen molar-refractivity contribution in [2.45, 2.75) is 51.2 Å². The molecule has 0 bridgehead atoms. The van der Waals surface area contributed by atoms with E-state index in [0.29, 0.717) is 25.3 Å². The molecule has 1 saturated carbocycles. The third-order valence-corrected chi connectivity index (χ3v) is 5.80. The van der Waals surface area contributed by atoms with Gasteiger partial charge in [-0.25, -0.2) is 0 Å². The smallest absolute Gasteiger partial charge is 0.270 e. The third-order valence-electron chi connectivity index (χ3n) is 5.80. The first kappa shape index (κ1) is 15.8. The van der Waals surface area contributed by atoms with E-state index < -0.39 is 0 Å². The van der Waals surface area contributed by atoms with E-state index in [0.717, 1.165) is 42.5 Å². The van der Waals surface area contributed by atoms with Gasteiger partial charge in [-0.05, 0) is 44.1 Å². The Bertz CT molecular complexity index is 681. The molecule has 2 fully saturated rings. The van der Waals surface area contributed by atoms with Crippen molar-refractivity contribution in [3.63, 3.8) is 0 Å². The number of aliphatic hydroxyl groups excluding tert-OH is 1. The van der Waals surface area contributed by atoms with Crippen LogP contribution in [0.1, 0.15) is 57.8 Å². The molecule has 3 aliphatic rings. The number of H-pyrrole nitrogens is 1. The van der Waals surface area contributed by atoms with Gasteiger partial charge >= 0.3 is 0 Å². The highest BCUT2D eigenvalue weighted by molar-refractivity contribution is 6.04. The van der Waals surface area contributed by atoms with Crippen LogP contribution in [0.4, 0.5) is 0 Å². The number of carbonyl (C=O) groups is 2. The number of nitrogens with one attached hydrogen (secondary N) is 1. The number of aryl methyl sites for hydroxylation is 1. The van der Waals surface area contributed by atoms with Crippen molar-refractivity contribution in [3.8, 4) is 0 Å². The van der Waals surface area contributed by atoms with Gasteiger partial charge in [0.05, 0.1) is 18.8 Å². The number of Topliss-reactive ketones (excluding diaryl/α,β-unsaturated/α-hetero) is 1. The second kappa shape index (κ2) is 6.01. The molecule has 2 aliphatic carbocycles. The van der Waals surface area contributed by atoms with Gasteiger partial charge in [0, 0.05) is 30.8 Å². The van der Waals surface area contributed by atoms with Gasteiger partial charge < -0.3 is 19.7 Å². The zero-order valence-electron chi connectivity index (χ0n) is 14.0. The van der Waals surface area contributed by atoms with Gasteiger partial charge in [0.1, 0.15) is 5.69 Å². The lowest BCUT2D eigenvalue weighted by Crippen LogP contribution is -2.51. The predicted octanol–water partition coefficient (Wildman–Crippen LogP) is 1.45. The van der Waals surface area contributed by atoms with Crippen LogP contribution >= 0.6 is 0 Å². The molecule has 4 rings (SSSR count). The fourth-order valence-corrected chi connectivity index (χ4v) is 4.58. The molecule has 1 amide bonds. The van der Waals surface area contributed by atoms with Crippen molar-refractivity contribution in [2.75, 3.05) is 19.8 Å². The van der Waals surface area contributed by atoms with Crippen molar-refractivity contribution >= 4 is 11.7 Å². The van der Waals surface area contributed by atoms with Gasteiger partial charge in [-0.1, -0.05) is 0 Å². The van der Waals surface area contributed by atoms with E-state index in [4.69, 9.17) is 4.74 Å². The van der Waals surface area contributed by atoms with Crippen LogP contribution in [0.2, 0.25) is 0 Å². The summed E-state index contributed by atoms with van der Waals surface area (Å²) in [5, 5.41) is 9.44. The Morgan fingerprint density at radius 3 is 2.96 bits per heavy atom. The second-order valence-corrected chi connectivity index (χ2v) is 7.25. The summed E-state index contributed by atoms with van der Waals surface area (Å²) in [6.45, 7) is 3.11. The van der Waals surface area contributed by atoms with Crippen LogP contribution < -0.4 is 0 Å². The summed E-state index contributed by atoms with van der Waals surface area (Å²) in [7, 11) is 0. The van der Waals surface area contributed by atoms with Crippen LogP contribution in [0.3, 0.4) is 0 Å². The van der Waals surface area contributed by atoms with Gasteiger partial charge in [0.15, 0.2) is 5.78 Å². The zero-order chi connectivity index (χ0) is 16.8. The molecule has 6 heteroatoms. The Kier molecular flexibility index (Phi) is 3.96. The molecular formula is C18H24N2O4. The topological polar surface area (TPSA) is 82.6 Å². The molecule has 1 unspecified atom stereocenters. The van der Waals surface area contributed by atoms with Crippen molar-refractivity contribution in [1.29, 1.82) is 0 Å². The lowest BCUT2D eigenvalue weighted by molar-refractivity contribution is -0.0450. The number of ketones is 1. The van der Waals surface area contributed by atoms with Crippen molar-refractivity contribution < 1.29 is 19.4 Å². The average Bonchev–Trinajstić information content (AvgIpc) is 3.15. The number of aliphatic hydroxyl groups is 1. The van der Waals surface area contributed by atoms with E-state index in [9.17, 15) is 14.7 Å². The first-order valence-corrected chi connectivity index (χ1v) is 8.88. The van der Waals surface area contributed by atoms with Gasteiger partial charge in [-0.15, -0.1) is 0 Å². The number of rotatable bonds is 2. The van der Waals surface area contributed by atoms with Crippen LogP contribution in [-0.2, 0) is 11.2 Å². The molecular weight excluding hydrogens is 308 g/mol. The summed E-state index contributed by atoms with van der Waals surface area (Å²) in [6.07, 6.45) is 3.86. The first-order chi connectivity index (χ1) is 11.6. The van der Waals surface area contributed by atoms with Crippen LogP contribution in [0.5, 0.6) is 0 Å². The van der Waals surface area contributed by atoms with Crippen LogP contribution in [0, 0.1) is 12.8 Å². The largest absolute Gasteiger partial charge is 0.396 e. The standard InChI is InChI=1S/C18H24N2O4/c1-10-16-12(3-2-4-14(16)22)19-17(10)18(23)20-5-6-24-15-8-11(9-21)7-13(15)20/h11,13,15,19,21H,2-9H2,1H3/t11-,13+,15?/m1/s1. The van der Waals surface area contributed by atoms with Gasteiger partial charge in [0.2, 0.25) is 0 Å². The van der Waals surface area contributed by atoms with Crippen LogP contribution in [-0.4, -0.2) is 58.6 Å². The summed E-state index contributed by atoms with van der Waals surface area (Å²) in [6, 6.07) is 0.0267. The maximum Gasteiger partial charge on any atom is 0.270 e. The number of hydrogen-bond acceptors (Lipinski definition) is 4. The number of nitrogens with zero attached hydrogens (tertiary/aromatic N) is 1. The van der Waals surface area contributed by atoms with E-state index in [2.05, 4.69) is 4.98 Å². The molecule has 24 heavy (non-hydrogen) atoms. The molecule has 2 heterocycles. The highest BCUT2D eigenvalue weighted by atomic mass is 16.5. The number of aromatic amines is 1. The molecule has 2 N–H and O–H groups in total. The second-order valence-electron chi connectivity index (χ2n) is 7.25. The molecule has 1 aliphatic heterocycles. The van der Waals surface area contributed by atoms with Crippen molar-refractivity contribution in [2.24, 2.45) is 5.92 Å². The molecule has 6 nitrogen and oxygen atoms in total. The predicted molar refractivity (Wildman–Crippen MR) is 87.2 cm³/mol. The number of aromatic nitrogens is 1. The van der Waals surface area contributed by atoms with E-state index >= 15 is 0 Å². The number of hydrogen-bond donors (Lipinski definition) is 2. The fourth-order valence-electron chi connectivity index (χ4n) is 4.58. The Balaban J connectivity index is 1.63. The Morgan fingerprint density at radius 1 is 1.38 bits per heavy atom. The lowest BCUT2D eigenvalue weighted by Gasteiger charge is -2.37. The highest BCUT2D eigenvalue weighted by Crippen LogP contribution is 2.35. The van der Waals surface area contributed by atoms with E-state index in [-0.39, 0.29) is 36.4 Å². The van der Waals surface area contributed by atoms with E-state index in [1.807, 2.05) is 11.8 Å². The molecule has 1 aromatic heterocycles. The van der Waals surface area contributed by atoms with Gasteiger partial charge in [-0.2, -0.15) is 0 Å². The molecule has 0 radical (unpaired) electrons. The minimum absolute atomic E-state index is 0.0198. The number of fused-ring (bicyclic) bond motifs is 2. The fraction of sp³-hybridized carbons (Fsp3) is 0.667. The molecule has 0 aromatic carbocycles. The summed E-state index contributed by atoms with van der Waals surface area (Å²) in [4.78, 5) is 30.5. The molecule has 3 atom stereocenters. The number of morpholine rings is 1. The quantitative estimate of drug-likeness (QED) is 0.859. The number of ether oxygens (including phenoxy) is 1. The monoisotopic (exact) mass is 332 g/mol. The maximum atomic E-state index is 13.1. The summed E-state index contributed by atoms with van der Waals surface area (Å²) in [5.41, 5.74) is 2.99. The summed E-state index contributed by atoms with van der Waals surface area (Å²) in [5.74, 6) is 0.310. The summed E-state index contributed by atoms with van der Waals surface area (Å²) < 4.78 is 5.81. The minimum Gasteiger partial charge on any atom is -0.396 e. The van der Waals surface area contributed by atoms with Crippen molar-refractivity contribution in [1.82, 2.24) is 9.88 Å². The zero-order valence-corrected chi connectivity index (χ0v) is 14.0. The molecule has 130 valence electrons. The molecule has 0 spiro atoms. The average molecular weight is 332 g/mol. The SMILES string of the molecule is Cc1c(C(=O)N2CCOC3C[C@H](CO)C[C@@H]32)[nH]c2c1C(=O)CCC2. The molecule has 1 aromatic rings. The van der Waals surface area contributed by atoms with E-state index in [1.54, 1.807) is 0 Å². The maximum absolute atomic E-state index is 13.1. The Labute approximate surface area is 141 Å². The van der Waals surface area contributed by atoms with Gasteiger partial charge in [-0.3, -0.25) is 9.59 Å². The minimum atomic E-state index is -0.0356. The molecule has 1 saturated heterocycles. The van der Waals surface area contributed by atoms with Crippen molar-refractivity contribution in [3.05, 3.63) is 22.5 Å². The Hall–Kier alpha value is -1.66. The van der Waals surface area contributed by atoms with Crippen LogP contribution in [0.25, 0.3) is 0 Å². The normalized spacial score (nSPS) is 29.5. The number of amides is 1. The van der Waals surface area contributed by atoms with Gasteiger partial charge in [0.25, 0.3) is 5.91 Å². The van der Waals surface area contributed by atoms with Crippen LogP contribution in [0.15, 0.2) is 0 Å². The first-order valence-electron chi connectivity index (χ1n) is 8.88. The number of carbonyl (C=O) groups excluding carboxylic acids is 2.